The zero-order valence-electron chi connectivity index (χ0n) is 10.6. The standard InChI is InChI=1S/C12H24O4S/c1-2-3-4-5-6-7-8-9-10-11-12-16-17(13,14)15/h9-10H,2-8,11-12H2,1H3,(H,13,14,15). The van der Waals surface area contributed by atoms with E-state index in [1.165, 1.54) is 38.5 Å². The average Bonchev–Trinajstić information content (AvgIpc) is 2.24. The van der Waals surface area contributed by atoms with Crippen LogP contribution in [0.2, 0.25) is 0 Å². The van der Waals surface area contributed by atoms with E-state index in [1.807, 2.05) is 12.2 Å². The van der Waals surface area contributed by atoms with Crippen molar-refractivity contribution in [2.24, 2.45) is 0 Å². The highest BCUT2D eigenvalue weighted by atomic mass is 32.3. The average molecular weight is 264 g/mol. The summed E-state index contributed by atoms with van der Waals surface area (Å²) in [7, 11) is -4.27. The van der Waals surface area contributed by atoms with Gasteiger partial charge in [-0.1, -0.05) is 51.2 Å². The first-order valence-corrected chi connectivity index (χ1v) is 7.69. The van der Waals surface area contributed by atoms with Crippen molar-refractivity contribution in [3.63, 3.8) is 0 Å². The molecule has 102 valence electrons. The molecule has 0 aromatic heterocycles. The molecular weight excluding hydrogens is 240 g/mol. The number of hydrogen-bond acceptors (Lipinski definition) is 3. The van der Waals surface area contributed by atoms with Crippen LogP contribution in [0.4, 0.5) is 0 Å². The Morgan fingerprint density at radius 3 is 2.24 bits per heavy atom. The summed E-state index contributed by atoms with van der Waals surface area (Å²) in [6.45, 7) is 2.21. The summed E-state index contributed by atoms with van der Waals surface area (Å²) < 4.78 is 32.9. The van der Waals surface area contributed by atoms with Crippen LogP contribution in [-0.2, 0) is 14.6 Å². The highest BCUT2D eigenvalue weighted by Gasteiger charge is 2.00. The monoisotopic (exact) mass is 264 g/mol. The van der Waals surface area contributed by atoms with Crippen LogP contribution < -0.4 is 0 Å². The summed E-state index contributed by atoms with van der Waals surface area (Å²) in [5, 5.41) is 0. The number of unbranched alkanes of at least 4 members (excludes halogenated alkanes) is 6. The van der Waals surface area contributed by atoms with Crippen molar-refractivity contribution in [3.8, 4) is 0 Å². The zero-order valence-corrected chi connectivity index (χ0v) is 11.4. The van der Waals surface area contributed by atoms with Gasteiger partial charge in [-0.15, -0.1) is 0 Å². The fraction of sp³-hybridized carbons (Fsp3) is 0.833. The molecule has 0 heterocycles. The van der Waals surface area contributed by atoms with Gasteiger partial charge in [0, 0.05) is 0 Å². The lowest BCUT2D eigenvalue weighted by Crippen LogP contribution is -2.03. The summed E-state index contributed by atoms with van der Waals surface area (Å²) in [5.41, 5.74) is 0. The number of hydrogen-bond donors (Lipinski definition) is 1. The molecule has 0 amide bonds. The molecule has 0 saturated heterocycles. The second kappa shape index (κ2) is 10.7. The normalized spacial score (nSPS) is 12.4. The lowest BCUT2D eigenvalue weighted by atomic mass is 10.1. The van der Waals surface area contributed by atoms with Gasteiger partial charge >= 0.3 is 10.4 Å². The molecule has 4 nitrogen and oxygen atoms in total. The minimum Gasteiger partial charge on any atom is -0.264 e. The van der Waals surface area contributed by atoms with Gasteiger partial charge in [0.15, 0.2) is 0 Å². The summed E-state index contributed by atoms with van der Waals surface area (Å²) in [6, 6.07) is 0. The predicted octanol–water partition coefficient (Wildman–Crippen LogP) is 3.50. The van der Waals surface area contributed by atoms with Crippen molar-refractivity contribution in [1.29, 1.82) is 0 Å². The van der Waals surface area contributed by atoms with Crippen LogP contribution in [0.5, 0.6) is 0 Å². The minimum atomic E-state index is -4.27. The SMILES string of the molecule is CCCCCCCCC=CCCOS(=O)(=O)O. The Hall–Kier alpha value is -0.390. The lowest BCUT2D eigenvalue weighted by Gasteiger charge is -1.98. The van der Waals surface area contributed by atoms with Crippen molar-refractivity contribution in [2.75, 3.05) is 6.61 Å². The highest BCUT2D eigenvalue weighted by Crippen LogP contribution is 2.07. The molecule has 0 aromatic rings. The first-order chi connectivity index (χ1) is 8.06. The van der Waals surface area contributed by atoms with Crippen molar-refractivity contribution >= 4 is 10.4 Å². The molecule has 0 unspecified atom stereocenters. The molecule has 0 bridgehead atoms. The maximum absolute atomic E-state index is 10.2. The number of rotatable bonds is 11. The van der Waals surface area contributed by atoms with Gasteiger partial charge in [-0.3, -0.25) is 4.55 Å². The quantitative estimate of drug-likeness (QED) is 0.352. The van der Waals surface area contributed by atoms with Gasteiger partial charge in [-0.05, 0) is 19.3 Å². The smallest absolute Gasteiger partial charge is 0.264 e. The summed E-state index contributed by atoms with van der Waals surface area (Å²) in [6.07, 6.45) is 13.1. The van der Waals surface area contributed by atoms with Gasteiger partial charge in [0.2, 0.25) is 0 Å². The maximum Gasteiger partial charge on any atom is 0.397 e. The third-order valence-corrected chi connectivity index (χ3v) is 2.87. The van der Waals surface area contributed by atoms with E-state index in [-0.39, 0.29) is 6.61 Å². The van der Waals surface area contributed by atoms with Crippen LogP contribution >= 0.6 is 0 Å². The molecule has 1 N–H and O–H groups in total. The Morgan fingerprint density at radius 1 is 1.00 bits per heavy atom. The fourth-order valence-corrected chi connectivity index (χ4v) is 1.81. The van der Waals surface area contributed by atoms with Gasteiger partial charge in [-0.25, -0.2) is 4.18 Å². The first kappa shape index (κ1) is 16.6. The van der Waals surface area contributed by atoms with Crippen LogP contribution in [0.3, 0.4) is 0 Å². The molecule has 0 spiro atoms. The Bertz CT molecular complexity index is 283. The van der Waals surface area contributed by atoms with Gasteiger partial charge in [0.1, 0.15) is 0 Å². The van der Waals surface area contributed by atoms with Gasteiger partial charge < -0.3 is 0 Å². The Morgan fingerprint density at radius 2 is 1.59 bits per heavy atom. The lowest BCUT2D eigenvalue weighted by molar-refractivity contribution is 0.273. The van der Waals surface area contributed by atoms with E-state index in [0.717, 1.165) is 6.42 Å². The van der Waals surface area contributed by atoms with E-state index in [4.69, 9.17) is 4.55 Å². The molecule has 0 atom stereocenters. The Kier molecular flexibility index (Phi) is 10.5. The Balaban J connectivity index is 3.20. The van der Waals surface area contributed by atoms with Crippen LogP contribution in [-0.4, -0.2) is 19.6 Å². The molecule has 0 aromatic carbocycles. The van der Waals surface area contributed by atoms with Gasteiger partial charge in [0.05, 0.1) is 6.61 Å². The minimum absolute atomic E-state index is 0.00579. The third-order valence-electron chi connectivity index (χ3n) is 2.41. The van der Waals surface area contributed by atoms with E-state index < -0.39 is 10.4 Å². The fourth-order valence-electron chi connectivity index (χ4n) is 1.50. The summed E-state index contributed by atoms with van der Waals surface area (Å²) in [4.78, 5) is 0. The van der Waals surface area contributed by atoms with Gasteiger partial charge in [0.25, 0.3) is 0 Å². The zero-order chi connectivity index (χ0) is 13.0. The molecule has 0 fully saturated rings. The van der Waals surface area contributed by atoms with Crippen LogP contribution in [0.25, 0.3) is 0 Å². The predicted molar refractivity (Wildman–Crippen MR) is 69.3 cm³/mol. The van der Waals surface area contributed by atoms with Crippen molar-refractivity contribution < 1.29 is 17.2 Å². The largest absolute Gasteiger partial charge is 0.397 e. The van der Waals surface area contributed by atoms with Crippen molar-refractivity contribution in [1.82, 2.24) is 0 Å². The van der Waals surface area contributed by atoms with E-state index in [9.17, 15) is 8.42 Å². The molecule has 0 saturated carbocycles. The van der Waals surface area contributed by atoms with Crippen molar-refractivity contribution in [2.45, 2.75) is 58.3 Å². The van der Waals surface area contributed by atoms with Crippen LogP contribution in [0.1, 0.15) is 58.3 Å². The number of allylic oxidation sites excluding steroid dienone is 1. The first-order valence-electron chi connectivity index (χ1n) is 6.33. The second-order valence-corrected chi connectivity index (χ2v) is 5.16. The summed E-state index contributed by atoms with van der Waals surface area (Å²) >= 11 is 0. The molecule has 5 heteroatoms. The van der Waals surface area contributed by atoms with Crippen molar-refractivity contribution in [3.05, 3.63) is 12.2 Å². The highest BCUT2D eigenvalue weighted by molar-refractivity contribution is 7.80. The Labute approximate surface area is 105 Å². The van der Waals surface area contributed by atoms with E-state index in [2.05, 4.69) is 11.1 Å². The van der Waals surface area contributed by atoms with Gasteiger partial charge in [-0.2, -0.15) is 8.42 Å². The molecule has 17 heavy (non-hydrogen) atoms. The van der Waals surface area contributed by atoms with Crippen LogP contribution in [0, 0.1) is 0 Å². The van der Waals surface area contributed by atoms with E-state index in [1.54, 1.807) is 0 Å². The molecule has 0 radical (unpaired) electrons. The molecular formula is C12H24O4S. The topological polar surface area (TPSA) is 63.6 Å². The molecule has 0 aliphatic heterocycles. The maximum atomic E-state index is 10.2. The molecule has 0 rings (SSSR count). The summed E-state index contributed by atoms with van der Waals surface area (Å²) in [5.74, 6) is 0. The van der Waals surface area contributed by atoms with Crippen LogP contribution in [0.15, 0.2) is 12.2 Å². The third kappa shape index (κ3) is 15.6. The molecule has 0 aliphatic carbocycles. The van der Waals surface area contributed by atoms with E-state index >= 15 is 0 Å². The molecule has 0 aliphatic rings. The second-order valence-electron chi connectivity index (χ2n) is 4.07. The van der Waals surface area contributed by atoms with E-state index in [0.29, 0.717) is 6.42 Å².